The molecule has 0 bridgehead atoms. The minimum absolute atomic E-state index is 0.832. The molecule has 0 aliphatic heterocycles. The number of nitrogens with zero attached hydrogens (tertiary/aromatic N) is 3. The van der Waals surface area contributed by atoms with E-state index in [2.05, 4.69) is 23.2 Å². The van der Waals surface area contributed by atoms with Gasteiger partial charge in [0.1, 0.15) is 5.76 Å². The number of aryl methyl sites for hydroxylation is 3. The molecule has 3 aromatic heterocycles. The van der Waals surface area contributed by atoms with Crippen molar-refractivity contribution in [2.24, 2.45) is 0 Å². The molecule has 0 atom stereocenters. The smallest absolute Gasteiger partial charge is 0.141 e. The van der Waals surface area contributed by atoms with Gasteiger partial charge in [-0.25, -0.2) is 4.52 Å². The van der Waals surface area contributed by atoms with Crippen LogP contribution in [0.25, 0.3) is 16.6 Å². The van der Waals surface area contributed by atoms with Crippen LogP contribution < -0.4 is 0 Å². The Labute approximate surface area is 98.9 Å². The second-order valence-electron chi connectivity index (χ2n) is 4.29. The van der Waals surface area contributed by atoms with Crippen LogP contribution in [0.5, 0.6) is 0 Å². The van der Waals surface area contributed by atoms with Crippen molar-refractivity contribution in [1.82, 2.24) is 14.8 Å². The van der Waals surface area contributed by atoms with E-state index in [4.69, 9.17) is 4.52 Å². The summed E-state index contributed by atoms with van der Waals surface area (Å²) in [7, 11) is 0. The van der Waals surface area contributed by atoms with E-state index in [1.165, 1.54) is 5.56 Å². The molecule has 17 heavy (non-hydrogen) atoms. The van der Waals surface area contributed by atoms with Crippen LogP contribution in [-0.2, 0) is 0 Å². The fourth-order valence-electron chi connectivity index (χ4n) is 2.15. The number of hydrogen-bond acceptors (Lipinski definition) is 3. The first kappa shape index (κ1) is 10.1. The quantitative estimate of drug-likeness (QED) is 0.642. The molecule has 0 amide bonds. The summed E-state index contributed by atoms with van der Waals surface area (Å²) >= 11 is 0. The number of hydrogen-bond donors (Lipinski definition) is 0. The number of rotatable bonds is 1. The van der Waals surface area contributed by atoms with E-state index in [1.54, 1.807) is 0 Å². The molecular formula is C13H13N3O. The Balaban J connectivity index is 2.35. The van der Waals surface area contributed by atoms with Crippen LogP contribution >= 0.6 is 0 Å². The Morgan fingerprint density at radius 1 is 1.24 bits per heavy atom. The first-order chi connectivity index (χ1) is 8.16. The maximum absolute atomic E-state index is 5.21. The molecule has 3 rings (SSSR count). The Kier molecular flexibility index (Phi) is 2.04. The molecular weight excluding hydrogens is 214 g/mol. The molecule has 0 fully saturated rings. The van der Waals surface area contributed by atoms with Gasteiger partial charge in [0.2, 0.25) is 0 Å². The summed E-state index contributed by atoms with van der Waals surface area (Å²) < 4.78 is 7.08. The molecule has 0 aromatic carbocycles. The standard InChI is InChI=1S/C13H13N3O/c1-8-4-5-16-12(6-8)11(7-14-16)13-9(2)15-17-10(13)3/h4-7H,1-3H3. The number of aromatic nitrogens is 3. The first-order valence-corrected chi connectivity index (χ1v) is 5.54. The minimum atomic E-state index is 0.832. The van der Waals surface area contributed by atoms with E-state index in [-0.39, 0.29) is 0 Å². The van der Waals surface area contributed by atoms with Crippen molar-refractivity contribution >= 4 is 5.52 Å². The summed E-state index contributed by atoms with van der Waals surface area (Å²) in [6.45, 7) is 5.95. The van der Waals surface area contributed by atoms with Gasteiger partial charge >= 0.3 is 0 Å². The largest absolute Gasteiger partial charge is 0.361 e. The van der Waals surface area contributed by atoms with Crippen molar-refractivity contribution in [3.63, 3.8) is 0 Å². The average molecular weight is 227 g/mol. The van der Waals surface area contributed by atoms with Gasteiger partial charge in [-0.1, -0.05) is 5.16 Å². The molecule has 0 saturated carbocycles. The summed E-state index contributed by atoms with van der Waals surface area (Å²) in [5, 5.41) is 8.33. The number of pyridine rings is 1. The highest BCUT2D eigenvalue weighted by Gasteiger charge is 2.15. The highest BCUT2D eigenvalue weighted by Crippen LogP contribution is 2.30. The van der Waals surface area contributed by atoms with Crippen molar-refractivity contribution in [3.8, 4) is 11.1 Å². The number of fused-ring (bicyclic) bond motifs is 1. The Bertz CT molecular complexity index is 674. The lowest BCUT2D eigenvalue weighted by atomic mass is 10.1. The molecule has 86 valence electrons. The van der Waals surface area contributed by atoms with Crippen LogP contribution in [0, 0.1) is 20.8 Å². The normalized spacial score (nSPS) is 11.2. The third-order valence-corrected chi connectivity index (χ3v) is 2.98. The zero-order chi connectivity index (χ0) is 12.0. The van der Waals surface area contributed by atoms with E-state index in [0.717, 1.165) is 28.1 Å². The Morgan fingerprint density at radius 2 is 2.06 bits per heavy atom. The molecule has 0 aliphatic rings. The highest BCUT2D eigenvalue weighted by atomic mass is 16.5. The molecule has 0 unspecified atom stereocenters. The van der Waals surface area contributed by atoms with E-state index >= 15 is 0 Å². The van der Waals surface area contributed by atoms with Crippen molar-refractivity contribution in [1.29, 1.82) is 0 Å². The van der Waals surface area contributed by atoms with E-state index in [1.807, 2.05) is 36.8 Å². The zero-order valence-electron chi connectivity index (χ0n) is 10.1. The third-order valence-electron chi connectivity index (χ3n) is 2.98. The van der Waals surface area contributed by atoms with Crippen molar-refractivity contribution in [2.45, 2.75) is 20.8 Å². The molecule has 0 aliphatic carbocycles. The molecule has 3 heterocycles. The maximum Gasteiger partial charge on any atom is 0.141 e. The van der Waals surface area contributed by atoms with Gasteiger partial charge < -0.3 is 4.52 Å². The fourth-order valence-corrected chi connectivity index (χ4v) is 2.15. The summed E-state index contributed by atoms with van der Waals surface area (Å²) in [5.74, 6) is 0.832. The van der Waals surface area contributed by atoms with Gasteiger partial charge in [-0.3, -0.25) is 0 Å². The fraction of sp³-hybridized carbons (Fsp3) is 0.231. The highest BCUT2D eigenvalue weighted by molar-refractivity contribution is 5.82. The van der Waals surface area contributed by atoms with Crippen molar-refractivity contribution in [2.75, 3.05) is 0 Å². The molecule has 0 spiro atoms. The molecule has 4 heteroatoms. The van der Waals surface area contributed by atoms with Crippen molar-refractivity contribution in [3.05, 3.63) is 41.5 Å². The second kappa shape index (κ2) is 3.45. The van der Waals surface area contributed by atoms with Gasteiger partial charge in [-0.2, -0.15) is 5.10 Å². The molecule has 3 aromatic rings. The van der Waals surface area contributed by atoms with Gasteiger partial charge in [0.15, 0.2) is 0 Å². The molecule has 0 radical (unpaired) electrons. The Morgan fingerprint density at radius 3 is 2.76 bits per heavy atom. The predicted octanol–water partition coefficient (Wildman–Crippen LogP) is 2.91. The maximum atomic E-state index is 5.21. The van der Waals surface area contributed by atoms with Crippen LogP contribution in [0.3, 0.4) is 0 Å². The monoisotopic (exact) mass is 227 g/mol. The van der Waals surface area contributed by atoms with Crippen LogP contribution in [0.1, 0.15) is 17.0 Å². The minimum Gasteiger partial charge on any atom is -0.361 e. The van der Waals surface area contributed by atoms with Gasteiger partial charge in [-0.15, -0.1) is 0 Å². The summed E-state index contributed by atoms with van der Waals surface area (Å²) in [6, 6.07) is 4.16. The SMILES string of the molecule is Cc1ccn2ncc(-c3c(C)noc3C)c2c1. The lowest BCUT2D eigenvalue weighted by Gasteiger charge is -1.99. The van der Waals surface area contributed by atoms with E-state index in [0.29, 0.717) is 0 Å². The Hall–Kier alpha value is -2.10. The van der Waals surface area contributed by atoms with Gasteiger partial charge in [-0.05, 0) is 38.5 Å². The van der Waals surface area contributed by atoms with Crippen LogP contribution in [0.15, 0.2) is 29.0 Å². The van der Waals surface area contributed by atoms with Crippen LogP contribution in [-0.4, -0.2) is 14.8 Å². The molecule has 0 N–H and O–H groups in total. The lowest BCUT2D eigenvalue weighted by Crippen LogP contribution is -1.87. The topological polar surface area (TPSA) is 43.3 Å². The van der Waals surface area contributed by atoms with Gasteiger partial charge in [0.25, 0.3) is 0 Å². The summed E-state index contributed by atoms with van der Waals surface area (Å²) in [4.78, 5) is 0. The molecule has 4 nitrogen and oxygen atoms in total. The van der Waals surface area contributed by atoms with Gasteiger partial charge in [0.05, 0.1) is 23.0 Å². The predicted molar refractivity (Wildman–Crippen MR) is 64.9 cm³/mol. The van der Waals surface area contributed by atoms with Crippen LogP contribution in [0.2, 0.25) is 0 Å². The third kappa shape index (κ3) is 1.45. The van der Waals surface area contributed by atoms with E-state index in [9.17, 15) is 0 Å². The lowest BCUT2D eigenvalue weighted by molar-refractivity contribution is 0.393. The molecule has 0 saturated heterocycles. The van der Waals surface area contributed by atoms with E-state index < -0.39 is 0 Å². The average Bonchev–Trinajstić information content (AvgIpc) is 2.83. The summed E-state index contributed by atoms with van der Waals surface area (Å²) in [5.41, 5.74) is 5.32. The van der Waals surface area contributed by atoms with Gasteiger partial charge in [0, 0.05) is 11.8 Å². The van der Waals surface area contributed by atoms with Crippen LogP contribution in [0.4, 0.5) is 0 Å². The zero-order valence-corrected chi connectivity index (χ0v) is 10.1. The first-order valence-electron chi connectivity index (χ1n) is 5.54. The second-order valence-corrected chi connectivity index (χ2v) is 4.29. The van der Waals surface area contributed by atoms with Crippen molar-refractivity contribution < 1.29 is 4.52 Å². The summed E-state index contributed by atoms with van der Waals surface area (Å²) in [6.07, 6.45) is 3.83.